The van der Waals surface area contributed by atoms with E-state index in [2.05, 4.69) is 9.98 Å². The first-order valence-corrected chi connectivity index (χ1v) is 7.71. The second-order valence-corrected chi connectivity index (χ2v) is 5.43. The maximum absolute atomic E-state index is 12.0. The van der Waals surface area contributed by atoms with E-state index in [4.69, 9.17) is 4.74 Å². The number of carbonyl (C=O) groups is 1. The molecule has 0 fully saturated rings. The fraction of sp³-hybridized carbons (Fsp3) is 0.158. The Bertz CT molecular complexity index is 926. The van der Waals surface area contributed by atoms with Gasteiger partial charge in [-0.1, -0.05) is 24.3 Å². The molecule has 5 nitrogen and oxygen atoms in total. The normalized spacial score (nSPS) is 11.2. The summed E-state index contributed by atoms with van der Waals surface area (Å²) >= 11 is 0. The first kappa shape index (κ1) is 15.8. The largest absolute Gasteiger partial charge is 0.494 e. The predicted molar refractivity (Wildman–Crippen MR) is 94.4 cm³/mol. The number of fused-ring (bicyclic) bond motifs is 1. The molecule has 2 N–H and O–H groups in total. The molecule has 0 spiro atoms. The van der Waals surface area contributed by atoms with E-state index >= 15 is 0 Å². The minimum atomic E-state index is -0.413. The molecule has 122 valence electrons. The minimum Gasteiger partial charge on any atom is -0.494 e. The zero-order valence-corrected chi connectivity index (χ0v) is 13.5. The summed E-state index contributed by atoms with van der Waals surface area (Å²) in [6, 6.07) is 12.8. The molecule has 5 heteroatoms. The molecule has 0 amide bonds. The molecule has 1 aromatic heterocycles. The molecule has 0 saturated heterocycles. The molecule has 0 atom stereocenters. The van der Waals surface area contributed by atoms with Crippen molar-refractivity contribution < 1.29 is 14.6 Å². The molecule has 0 saturated carbocycles. The van der Waals surface area contributed by atoms with Gasteiger partial charge in [-0.2, -0.15) is 0 Å². The summed E-state index contributed by atoms with van der Waals surface area (Å²) in [5.74, 6) is -0.364. The number of aryl methyl sites for hydroxylation is 1. The van der Waals surface area contributed by atoms with Crippen LogP contribution in [-0.4, -0.2) is 28.9 Å². The zero-order chi connectivity index (χ0) is 17.1. The Morgan fingerprint density at radius 2 is 2.08 bits per heavy atom. The van der Waals surface area contributed by atoms with E-state index in [9.17, 15) is 9.90 Å². The van der Waals surface area contributed by atoms with Gasteiger partial charge < -0.3 is 14.8 Å². The van der Waals surface area contributed by atoms with Gasteiger partial charge in [-0.25, -0.2) is 4.79 Å². The van der Waals surface area contributed by atoms with Gasteiger partial charge in [0.05, 0.1) is 23.4 Å². The SMILES string of the molecule is CCOC(=O)c1ccccc1N=Cc1c(O)[nH]c2cc(C)ccc12. The molecule has 1 heterocycles. The molecule has 0 unspecified atom stereocenters. The number of hydrogen-bond acceptors (Lipinski definition) is 4. The van der Waals surface area contributed by atoms with E-state index in [-0.39, 0.29) is 5.88 Å². The molecule has 0 aliphatic heterocycles. The van der Waals surface area contributed by atoms with Crippen LogP contribution < -0.4 is 0 Å². The number of ether oxygens (including phenoxy) is 1. The number of benzene rings is 2. The third-order valence-electron chi connectivity index (χ3n) is 3.71. The Morgan fingerprint density at radius 3 is 2.88 bits per heavy atom. The summed E-state index contributed by atoms with van der Waals surface area (Å²) in [5.41, 5.74) is 3.42. The molecule has 0 aliphatic rings. The van der Waals surface area contributed by atoms with Crippen LogP contribution in [0.5, 0.6) is 5.88 Å². The quantitative estimate of drug-likeness (QED) is 0.561. The fourth-order valence-electron chi connectivity index (χ4n) is 2.55. The van der Waals surface area contributed by atoms with E-state index in [0.29, 0.717) is 23.4 Å². The highest BCUT2D eigenvalue weighted by atomic mass is 16.5. The summed E-state index contributed by atoms with van der Waals surface area (Å²) in [5, 5.41) is 11.0. The number of carbonyl (C=O) groups excluding carboxylic acids is 1. The standard InChI is InChI=1S/C19H18N2O3/c1-3-24-19(23)14-6-4-5-7-16(14)20-11-15-13-9-8-12(2)10-17(13)21-18(15)22/h4-11,21-22H,3H2,1-2H3. The smallest absolute Gasteiger partial charge is 0.340 e. The summed E-state index contributed by atoms with van der Waals surface area (Å²) in [7, 11) is 0. The lowest BCUT2D eigenvalue weighted by molar-refractivity contribution is 0.0527. The number of H-pyrrole nitrogens is 1. The number of rotatable bonds is 4. The monoisotopic (exact) mass is 322 g/mol. The van der Waals surface area contributed by atoms with Crippen LogP contribution in [0, 0.1) is 6.92 Å². The van der Waals surface area contributed by atoms with Gasteiger partial charge in [0, 0.05) is 17.1 Å². The van der Waals surface area contributed by atoms with Crippen molar-refractivity contribution in [2.24, 2.45) is 4.99 Å². The molecule has 0 radical (unpaired) electrons. The van der Waals surface area contributed by atoms with E-state index < -0.39 is 5.97 Å². The first-order valence-electron chi connectivity index (χ1n) is 7.71. The van der Waals surface area contributed by atoms with Gasteiger partial charge in [-0.15, -0.1) is 0 Å². The summed E-state index contributed by atoms with van der Waals surface area (Å²) < 4.78 is 5.04. The van der Waals surface area contributed by atoms with Crippen molar-refractivity contribution >= 4 is 28.8 Å². The molecule has 3 aromatic rings. The first-order chi connectivity index (χ1) is 11.6. The lowest BCUT2D eigenvalue weighted by Crippen LogP contribution is -2.04. The highest BCUT2D eigenvalue weighted by Gasteiger charge is 2.12. The van der Waals surface area contributed by atoms with Crippen molar-refractivity contribution in [1.29, 1.82) is 0 Å². The topological polar surface area (TPSA) is 74.7 Å². The molecule has 0 aliphatic carbocycles. The number of aliphatic imine (C=N–C) groups is 1. The van der Waals surface area contributed by atoms with Gasteiger partial charge in [0.1, 0.15) is 0 Å². The van der Waals surface area contributed by atoms with E-state index in [1.54, 1.807) is 37.4 Å². The number of nitrogens with one attached hydrogen (secondary N) is 1. The Balaban J connectivity index is 2.01. The van der Waals surface area contributed by atoms with Crippen LogP contribution in [0.3, 0.4) is 0 Å². The maximum atomic E-state index is 12.0. The number of hydrogen-bond donors (Lipinski definition) is 2. The van der Waals surface area contributed by atoms with Gasteiger partial charge in [0.2, 0.25) is 0 Å². The summed E-state index contributed by atoms with van der Waals surface area (Å²) in [6.45, 7) is 4.05. The highest BCUT2D eigenvalue weighted by molar-refractivity contribution is 6.03. The second kappa shape index (κ2) is 6.58. The summed E-state index contributed by atoms with van der Waals surface area (Å²) in [6.07, 6.45) is 1.56. The Morgan fingerprint density at radius 1 is 1.29 bits per heavy atom. The van der Waals surface area contributed by atoms with E-state index in [0.717, 1.165) is 16.5 Å². The van der Waals surface area contributed by atoms with Gasteiger partial charge in [-0.05, 0) is 37.6 Å². The fourth-order valence-corrected chi connectivity index (χ4v) is 2.55. The second-order valence-electron chi connectivity index (χ2n) is 5.43. The van der Waals surface area contributed by atoms with E-state index in [1.165, 1.54) is 0 Å². The molecule has 0 bridgehead atoms. The van der Waals surface area contributed by atoms with Crippen molar-refractivity contribution in [1.82, 2.24) is 4.98 Å². The molecule has 2 aromatic carbocycles. The van der Waals surface area contributed by atoms with Gasteiger partial charge in [0.15, 0.2) is 5.88 Å². The van der Waals surface area contributed by atoms with Crippen molar-refractivity contribution in [3.05, 3.63) is 59.2 Å². The Labute approximate surface area is 139 Å². The number of aromatic hydroxyl groups is 1. The van der Waals surface area contributed by atoms with Gasteiger partial charge in [-0.3, -0.25) is 4.99 Å². The molecular weight excluding hydrogens is 304 g/mol. The minimum absolute atomic E-state index is 0.0490. The molecule has 3 rings (SSSR count). The van der Waals surface area contributed by atoms with Crippen molar-refractivity contribution in [3.8, 4) is 5.88 Å². The third-order valence-corrected chi connectivity index (χ3v) is 3.71. The Hall–Kier alpha value is -3.08. The van der Waals surface area contributed by atoms with Crippen LogP contribution in [0.2, 0.25) is 0 Å². The van der Waals surface area contributed by atoms with Crippen LogP contribution in [0.15, 0.2) is 47.5 Å². The lowest BCUT2D eigenvalue weighted by atomic mass is 10.1. The van der Waals surface area contributed by atoms with Gasteiger partial charge >= 0.3 is 5.97 Å². The predicted octanol–water partition coefficient (Wildman–Crippen LogP) is 4.11. The van der Waals surface area contributed by atoms with Crippen LogP contribution >= 0.6 is 0 Å². The number of para-hydroxylation sites is 1. The number of nitrogens with zero attached hydrogens (tertiary/aromatic N) is 1. The van der Waals surface area contributed by atoms with Crippen LogP contribution in [0.4, 0.5) is 5.69 Å². The van der Waals surface area contributed by atoms with Crippen LogP contribution in [0.25, 0.3) is 10.9 Å². The van der Waals surface area contributed by atoms with Crippen molar-refractivity contribution in [2.45, 2.75) is 13.8 Å². The van der Waals surface area contributed by atoms with Crippen LogP contribution in [0.1, 0.15) is 28.4 Å². The van der Waals surface area contributed by atoms with Crippen molar-refractivity contribution in [2.75, 3.05) is 6.61 Å². The van der Waals surface area contributed by atoms with Gasteiger partial charge in [0.25, 0.3) is 0 Å². The number of esters is 1. The maximum Gasteiger partial charge on any atom is 0.340 e. The summed E-state index contributed by atoms with van der Waals surface area (Å²) in [4.78, 5) is 19.3. The Kier molecular flexibility index (Phi) is 4.33. The average Bonchev–Trinajstić information content (AvgIpc) is 2.87. The zero-order valence-electron chi connectivity index (χ0n) is 13.5. The van der Waals surface area contributed by atoms with Crippen LogP contribution in [-0.2, 0) is 4.74 Å². The van der Waals surface area contributed by atoms with E-state index in [1.807, 2.05) is 25.1 Å². The number of aromatic nitrogens is 1. The van der Waals surface area contributed by atoms with Crippen molar-refractivity contribution in [3.63, 3.8) is 0 Å². The molecular formula is C19H18N2O3. The molecule has 24 heavy (non-hydrogen) atoms. The highest BCUT2D eigenvalue weighted by Crippen LogP contribution is 2.27. The lowest BCUT2D eigenvalue weighted by Gasteiger charge is -2.04. The third kappa shape index (κ3) is 3.01. The number of aromatic amines is 1. The average molecular weight is 322 g/mol.